The molecule has 2 N–H and O–H groups in total. The number of rotatable bonds is 5. The number of amides is 2. The van der Waals surface area contributed by atoms with Crippen molar-refractivity contribution in [2.24, 2.45) is 0 Å². The van der Waals surface area contributed by atoms with Gasteiger partial charge in [-0.05, 0) is 37.3 Å². The van der Waals surface area contributed by atoms with Gasteiger partial charge in [0.05, 0.1) is 24.8 Å². The number of hydrazine groups is 1. The van der Waals surface area contributed by atoms with Crippen molar-refractivity contribution in [2.45, 2.75) is 13.3 Å². The van der Waals surface area contributed by atoms with Crippen LogP contribution in [0.15, 0.2) is 67.0 Å². The summed E-state index contributed by atoms with van der Waals surface area (Å²) < 4.78 is 7.12. The van der Waals surface area contributed by atoms with Gasteiger partial charge in [-0.15, -0.1) is 0 Å². The summed E-state index contributed by atoms with van der Waals surface area (Å²) in [5.41, 5.74) is 7.93. The highest BCUT2D eigenvalue weighted by molar-refractivity contribution is 5.98. The summed E-state index contributed by atoms with van der Waals surface area (Å²) in [5, 5.41) is 0. The molecule has 6 nitrogen and oxygen atoms in total. The lowest BCUT2D eigenvalue weighted by Crippen LogP contribution is -2.42. The van der Waals surface area contributed by atoms with Crippen LogP contribution in [0, 0.1) is 6.92 Å². The molecule has 2 aromatic carbocycles. The zero-order valence-electron chi connectivity index (χ0n) is 15.2. The number of nitrogens with one attached hydrogen (secondary N) is 2. The molecule has 6 heteroatoms. The summed E-state index contributed by atoms with van der Waals surface area (Å²) in [4.78, 5) is 24.8. The lowest BCUT2D eigenvalue weighted by Gasteiger charge is -2.13. The fraction of sp³-hybridized carbons (Fsp3) is 0.143. The molecular formula is C21H21N3O3. The average molecular weight is 363 g/mol. The Morgan fingerprint density at radius 3 is 2.48 bits per heavy atom. The van der Waals surface area contributed by atoms with E-state index in [-0.39, 0.29) is 18.2 Å². The summed E-state index contributed by atoms with van der Waals surface area (Å²) in [5.74, 6) is -0.0745. The third-order valence-corrected chi connectivity index (χ3v) is 4.13. The minimum Gasteiger partial charge on any atom is -0.496 e. The van der Waals surface area contributed by atoms with Crippen LogP contribution in [0.4, 0.5) is 0 Å². The smallest absolute Gasteiger partial charge is 0.271 e. The van der Waals surface area contributed by atoms with E-state index < -0.39 is 0 Å². The van der Waals surface area contributed by atoms with Crippen molar-refractivity contribution in [3.05, 3.63) is 83.7 Å². The van der Waals surface area contributed by atoms with Crippen molar-refractivity contribution < 1.29 is 14.3 Å². The van der Waals surface area contributed by atoms with E-state index in [9.17, 15) is 9.59 Å². The summed E-state index contributed by atoms with van der Waals surface area (Å²) in [6, 6.07) is 16.6. The number of methoxy groups -OCH3 is 1. The van der Waals surface area contributed by atoms with Crippen LogP contribution in [0.25, 0.3) is 5.69 Å². The third-order valence-electron chi connectivity index (χ3n) is 4.13. The monoisotopic (exact) mass is 363 g/mol. The number of aryl methyl sites for hydroxylation is 1. The van der Waals surface area contributed by atoms with E-state index in [0.29, 0.717) is 11.3 Å². The molecule has 138 valence electrons. The Morgan fingerprint density at radius 1 is 1.00 bits per heavy atom. The average Bonchev–Trinajstić information content (AvgIpc) is 3.21. The molecule has 2 amide bonds. The number of para-hydroxylation sites is 1. The number of nitrogens with zero attached hydrogens (tertiary/aromatic N) is 1. The summed E-state index contributed by atoms with van der Waals surface area (Å²) >= 11 is 0. The molecule has 0 aliphatic heterocycles. The van der Waals surface area contributed by atoms with E-state index in [4.69, 9.17) is 4.74 Å². The number of hydrogen-bond acceptors (Lipinski definition) is 3. The van der Waals surface area contributed by atoms with E-state index in [2.05, 4.69) is 10.9 Å². The Kier molecular flexibility index (Phi) is 5.56. The Morgan fingerprint density at radius 2 is 1.74 bits per heavy atom. The quantitative estimate of drug-likeness (QED) is 0.685. The molecular weight excluding hydrogens is 342 g/mol. The van der Waals surface area contributed by atoms with E-state index in [0.717, 1.165) is 16.8 Å². The molecule has 0 bridgehead atoms. The highest BCUT2D eigenvalue weighted by Crippen LogP contribution is 2.20. The maximum Gasteiger partial charge on any atom is 0.271 e. The van der Waals surface area contributed by atoms with Crippen LogP contribution in [0.2, 0.25) is 0 Å². The first-order chi connectivity index (χ1) is 13.1. The van der Waals surface area contributed by atoms with Crippen molar-refractivity contribution in [1.82, 2.24) is 15.4 Å². The molecule has 0 aliphatic rings. The normalized spacial score (nSPS) is 10.3. The van der Waals surface area contributed by atoms with Gasteiger partial charge < -0.3 is 9.30 Å². The fourth-order valence-electron chi connectivity index (χ4n) is 2.84. The van der Waals surface area contributed by atoms with Gasteiger partial charge in [0, 0.05) is 18.0 Å². The van der Waals surface area contributed by atoms with Crippen molar-refractivity contribution in [2.75, 3.05) is 7.11 Å². The number of benzene rings is 2. The second kappa shape index (κ2) is 8.23. The van der Waals surface area contributed by atoms with E-state index >= 15 is 0 Å². The molecule has 0 unspecified atom stereocenters. The number of ether oxygens (including phenoxy) is 1. The standard InChI is InChI=1S/C21H21N3O3/c1-15-9-10-19(27-2)16(13-15)14-20(25)22-23-21(26)17-7-3-4-8-18(17)24-11-5-6-12-24/h3-13H,14H2,1-2H3,(H,22,25)(H,23,26). The molecule has 1 heterocycles. The highest BCUT2D eigenvalue weighted by Gasteiger charge is 2.14. The van der Waals surface area contributed by atoms with Crippen molar-refractivity contribution in [3.8, 4) is 11.4 Å². The zero-order valence-corrected chi connectivity index (χ0v) is 15.2. The van der Waals surface area contributed by atoms with Gasteiger partial charge in [0.15, 0.2) is 0 Å². The van der Waals surface area contributed by atoms with Gasteiger partial charge in [-0.1, -0.05) is 29.8 Å². The minimum atomic E-state index is -0.385. The molecule has 27 heavy (non-hydrogen) atoms. The van der Waals surface area contributed by atoms with Gasteiger partial charge in [0.25, 0.3) is 5.91 Å². The molecule has 0 fully saturated rings. The summed E-state index contributed by atoms with van der Waals surface area (Å²) in [6.45, 7) is 1.95. The van der Waals surface area contributed by atoms with E-state index in [1.54, 1.807) is 19.2 Å². The third kappa shape index (κ3) is 4.36. The van der Waals surface area contributed by atoms with Crippen LogP contribution < -0.4 is 15.6 Å². The first-order valence-corrected chi connectivity index (χ1v) is 8.53. The number of hydrogen-bond donors (Lipinski definition) is 2. The van der Waals surface area contributed by atoms with Gasteiger partial charge in [-0.3, -0.25) is 20.4 Å². The molecule has 1 aromatic heterocycles. The van der Waals surface area contributed by atoms with Gasteiger partial charge in [0.1, 0.15) is 5.75 Å². The summed E-state index contributed by atoms with van der Waals surface area (Å²) in [6.07, 6.45) is 3.81. The Balaban J connectivity index is 1.67. The first kappa shape index (κ1) is 18.3. The fourth-order valence-corrected chi connectivity index (χ4v) is 2.84. The largest absolute Gasteiger partial charge is 0.496 e. The Hall–Kier alpha value is -3.54. The Labute approximate surface area is 157 Å². The summed E-state index contributed by atoms with van der Waals surface area (Å²) in [7, 11) is 1.56. The topological polar surface area (TPSA) is 72.4 Å². The number of carbonyl (C=O) groups is 2. The molecule has 0 saturated carbocycles. The maximum atomic E-state index is 12.5. The van der Waals surface area contributed by atoms with Crippen LogP contribution in [0.5, 0.6) is 5.75 Å². The van der Waals surface area contributed by atoms with E-state index in [1.165, 1.54) is 0 Å². The lowest BCUT2D eigenvalue weighted by atomic mass is 10.1. The predicted octanol–water partition coefficient (Wildman–Crippen LogP) is 2.80. The van der Waals surface area contributed by atoms with Crippen molar-refractivity contribution >= 4 is 11.8 Å². The number of aromatic nitrogens is 1. The maximum absolute atomic E-state index is 12.5. The predicted molar refractivity (Wildman–Crippen MR) is 103 cm³/mol. The Bertz CT molecular complexity index is 949. The molecule has 0 radical (unpaired) electrons. The molecule has 0 aliphatic carbocycles. The van der Waals surface area contributed by atoms with Crippen LogP contribution in [0.3, 0.4) is 0 Å². The highest BCUT2D eigenvalue weighted by atomic mass is 16.5. The SMILES string of the molecule is COc1ccc(C)cc1CC(=O)NNC(=O)c1ccccc1-n1cccc1. The number of carbonyl (C=O) groups excluding carboxylic acids is 2. The van der Waals surface area contributed by atoms with Crippen LogP contribution in [-0.2, 0) is 11.2 Å². The van der Waals surface area contributed by atoms with Crippen LogP contribution >= 0.6 is 0 Å². The second-order valence-corrected chi connectivity index (χ2v) is 6.10. The lowest BCUT2D eigenvalue weighted by molar-refractivity contribution is -0.121. The van der Waals surface area contributed by atoms with Gasteiger partial charge in [-0.2, -0.15) is 0 Å². The molecule has 0 atom stereocenters. The van der Waals surface area contributed by atoms with Crippen molar-refractivity contribution in [3.63, 3.8) is 0 Å². The molecule has 0 spiro atoms. The second-order valence-electron chi connectivity index (χ2n) is 6.10. The van der Waals surface area contributed by atoms with Gasteiger partial charge >= 0.3 is 0 Å². The first-order valence-electron chi connectivity index (χ1n) is 8.53. The van der Waals surface area contributed by atoms with E-state index in [1.807, 2.05) is 66.3 Å². The molecule has 0 saturated heterocycles. The zero-order chi connectivity index (χ0) is 19.2. The van der Waals surface area contributed by atoms with Crippen LogP contribution in [-0.4, -0.2) is 23.5 Å². The van der Waals surface area contributed by atoms with Crippen LogP contribution in [0.1, 0.15) is 21.5 Å². The minimum absolute atomic E-state index is 0.102. The molecule has 3 aromatic rings. The molecule has 3 rings (SSSR count). The van der Waals surface area contributed by atoms with Crippen molar-refractivity contribution in [1.29, 1.82) is 0 Å². The van der Waals surface area contributed by atoms with Gasteiger partial charge in [0.2, 0.25) is 5.91 Å². The van der Waals surface area contributed by atoms with Gasteiger partial charge in [-0.25, -0.2) is 0 Å².